The molecule has 19 heavy (non-hydrogen) atoms. The minimum absolute atomic E-state index is 0.136. The van der Waals surface area contributed by atoms with Crippen LogP contribution in [0.5, 0.6) is 0 Å². The summed E-state index contributed by atoms with van der Waals surface area (Å²) in [5.74, 6) is 1.62. The zero-order valence-corrected chi connectivity index (χ0v) is 13.2. The number of thioether (sulfide) groups is 2. The Morgan fingerprint density at radius 2 is 2.21 bits per heavy atom. The SMILES string of the molecule is CSc1ccc(Cl)c(C(=O)NCCSCCCO)c1. The summed E-state index contributed by atoms with van der Waals surface area (Å²) in [6, 6.07) is 5.45. The Bertz CT molecular complexity index is 416. The molecule has 0 aliphatic rings. The highest BCUT2D eigenvalue weighted by atomic mass is 35.5. The number of rotatable bonds is 8. The summed E-state index contributed by atoms with van der Waals surface area (Å²) in [6.07, 6.45) is 2.75. The van der Waals surface area contributed by atoms with Crippen LogP contribution in [-0.4, -0.2) is 41.9 Å². The predicted molar refractivity (Wildman–Crippen MR) is 84.6 cm³/mol. The van der Waals surface area contributed by atoms with Gasteiger partial charge in [-0.1, -0.05) is 11.6 Å². The van der Waals surface area contributed by atoms with Crippen molar-refractivity contribution in [2.24, 2.45) is 0 Å². The van der Waals surface area contributed by atoms with Crippen molar-refractivity contribution in [3.63, 3.8) is 0 Å². The molecule has 0 radical (unpaired) electrons. The Morgan fingerprint density at radius 1 is 1.42 bits per heavy atom. The fourth-order valence-corrected chi connectivity index (χ4v) is 2.83. The third-order valence-corrected chi connectivity index (χ3v) is 4.52. The van der Waals surface area contributed by atoms with Crippen molar-refractivity contribution in [3.05, 3.63) is 28.8 Å². The Morgan fingerprint density at radius 3 is 2.89 bits per heavy atom. The zero-order valence-electron chi connectivity index (χ0n) is 10.8. The summed E-state index contributed by atoms with van der Waals surface area (Å²) in [5, 5.41) is 12.0. The molecule has 1 amide bonds. The lowest BCUT2D eigenvalue weighted by atomic mass is 10.2. The largest absolute Gasteiger partial charge is 0.396 e. The monoisotopic (exact) mass is 319 g/mol. The third-order valence-electron chi connectivity index (χ3n) is 2.40. The number of hydrogen-bond acceptors (Lipinski definition) is 4. The number of halogens is 1. The second-order valence-corrected chi connectivity index (χ2v) is 6.30. The highest BCUT2D eigenvalue weighted by Gasteiger charge is 2.10. The first-order valence-electron chi connectivity index (χ1n) is 5.99. The van der Waals surface area contributed by atoms with E-state index in [0.29, 0.717) is 17.1 Å². The number of hydrogen-bond donors (Lipinski definition) is 2. The third kappa shape index (κ3) is 6.08. The molecule has 6 heteroatoms. The average molecular weight is 320 g/mol. The van der Waals surface area contributed by atoms with Crippen LogP contribution in [0.4, 0.5) is 0 Å². The molecule has 0 heterocycles. The summed E-state index contributed by atoms with van der Waals surface area (Å²) < 4.78 is 0. The number of aliphatic hydroxyl groups is 1. The van der Waals surface area contributed by atoms with Crippen LogP contribution < -0.4 is 5.32 Å². The van der Waals surface area contributed by atoms with E-state index in [9.17, 15) is 4.79 Å². The molecule has 3 nitrogen and oxygen atoms in total. The van der Waals surface area contributed by atoms with E-state index in [2.05, 4.69) is 5.32 Å². The van der Waals surface area contributed by atoms with Crippen molar-refractivity contribution in [1.82, 2.24) is 5.32 Å². The van der Waals surface area contributed by atoms with Crippen LogP contribution in [0.15, 0.2) is 23.1 Å². The van der Waals surface area contributed by atoms with E-state index >= 15 is 0 Å². The van der Waals surface area contributed by atoms with Gasteiger partial charge in [0.2, 0.25) is 0 Å². The standard InChI is InChI=1S/C13H18ClNO2S2/c1-18-10-3-4-12(14)11(9-10)13(17)15-5-8-19-7-2-6-16/h3-4,9,16H,2,5-8H2,1H3,(H,15,17). The number of aliphatic hydroxyl groups excluding tert-OH is 1. The van der Waals surface area contributed by atoms with Gasteiger partial charge in [-0.3, -0.25) is 4.79 Å². The molecule has 0 aliphatic heterocycles. The van der Waals surface area contributed by atoms with Gasteiger partial charge in [0, 0.05) is 23.8 Å². The lowest BCUT2D eigenvalue weighted by Gasteiger charge is -2.08. The second-order valence-electron chi connectivity index (χ2n) is 3.79. The molecule has 0 aromatic heterocycles. The molecular formula is C13H18ClNO2S2. The summed E-state index contributed by atoms with van der Waals surface area (Å²) >= 11 is 9.32. The van der Waals surface area contributed by atoms with Gasteiger partial charge in [-0.2, -0.15) is 11.8 Å². The van der Waals surface area contributed by atoms with Crippen molar-refractivity contribution in [2.75, 3.05) is 30.9 Å². The predicted octanol–water partition coefficient (Wildman–Crippen LogP) is 2.91. The lowest BCUT2D eigenvalue weighted by molar-refractivity contribution is 0.0956. The maximum Gasteiger partial charge on any atom is 0.252 e. The number of amides is 1. The van der Waals surface area contributed by atoms with Crippen molar-refractivity contribution >= 4 is 41.0 Å². The summed E-state index contributed by atoms with van der Waals surface area (Å²) in [5.41, 5.74) is 0.522. The molecule has 0 bridgehead atoms. The van der Waals surface area contributed by atoms with Crippen molar-refractivity contribution in [3.8, 4) is 0 Å². The topological polar surface area (TPSA) is 49.3 Å². The Hall–Kier alpha value is -0.360. The summed E-state index contributed by atoms with van der Waals surface area (Å²) in [6.45, 7) is 0.825. The first-order chi connectivity index (χ1) is 9.19. The summed E-state index contributed by atoms with van der Waals surface area (Å²) in [4.78, 5) is 13.0. The number of carbonyl (C=O) groups excluding carboxylic acids is 1. The zero-order chi connectivity index (χ0) is 14.1. The first-order valence-corrected chi connectivity index (χ1v) is 8.75. The summed E-state index contributed by atoms with van der Waals surface area (Å²) in [7, 11) is 0. The van der Waals surface area contributed by atoms with Crippen molar-refractivity contribution in [2.45, 2.75) is 11.3 Å². The minimum Gasteiger partial charge on any atom is -0.396 e. The number of carbonyl (C=O) groups is 1. The molecule has 0 aliphatic carbocycles. The Balaban J connectivity index is 2.40. The Kier molecular flexibility index (Phi) is 8.37. The molecule has 1 rings (SSSR count). The van der Waals surface area contributed by atoms with Crippen LogP contribution in [0, 0.1) is 0 Å². The molecule has 0 spiro atoms. The van der Waals surface area contributed by atoms with Gasteiger partial charge >= 0.3 is 0 Å². The molecule has 106 valence electrons. The van der Waals surface area contributed by atoms with Gasteiger partial charge in [0.05, 0.1) is 10.6 Å². The van der Waals surface area contributed by atoms with Crippen molar-refractivity contribution in [1.29, 1.82) is 0 Å². The van der Waals surface area contributed by atoms with Gasteiger partial charge in [0.15, 0.2) is 0 Å². The fraction of sp³-hybridized carbons (Fsp3) is 0.462. The second kappa shape index (κ2) is 9.53. The smallest absolute Gasteiger partial charge is 0.252 e. The van der Waals surface area contributed by atoms with Crippen LogP contribution >= 0.6 is 35.1 Å². The lowest BCUT2D eigenvalue weighted by Crippen LogP contribution is -2.26. The molecule has 0 saturated heterocycles. The number of nitrogens with one attached hydrogen (secondary N) is 1. The van der Waals surface area contributed by atoms with Crippen LogP contribution in [0.3, 0.4) is 0 Å². The molecule has 1 aromatic rings. The average Bonchev–Trinajstić information content (AvgIpc) is 2.43. The van der Waals surface area contributed by atoms with Crippen LogP contribution in [0.25, 0.3) is 0 Å². The highest BCUT2D eigenvalue weighted by Crippen LogP contribution is 2.22. The normalized spacial score (nSPS) is 10.5. The highest BCUT2D eigenvalue weighted by molar-refractivity contribution is 7.99. The van der Waals surface area contributed by atoms with Gasteiger partial charge in [-0.15, -0.1) is 11.8 Å². The van der Waals surface area contributed by atoms with Crippen LogP contribution in [0.2, 0.25) is 5.02 Å². The molecule has 0 fully saturated rings. The molecular weight excluding hydrogens is 302 g/mol. The van der Waals surface area contributed by atoms with E-state index in [-0.39, 0.29) is 12.5 Å². The maximum atomic E-state index is 12.0. The number of benzene rings is 1. The molecule has 0 unspecified atom stereocenters. The van der Waals surface area contributed by atoms with Gasteiger partial charge in [-0.25, -0.2) is 0 Å². The van der Waals surface area contributed by atoms with Gasteiger partial charge < -0.3 is 10.4 Å². The first kappa shape index (κ1) is 16.7. The van der Waals surface area contributed by atoms with Crippen molar-refractivity contribution < 1.29 is 9.90 Å². The van der Waals surface area contributed by atoms with E-state index in [1.165, 1.54) is 0 Å². The van der Waals surface area contributed by atoms with E-state index in [4.69, 9.17) is 16.7 Å². The molecule has 0 saturated carbocycles. The van der Waals surface area contributed by atoms with Crippen LogP contribution in [-0.2, 0) is 0 Å². The quantitative estimate of drug-likeness (QED) is 0.571. The van der Waals surface area contributed by atoms with E-state index in [0.717, 1.165) is 22.8 Å². The Labute approximate surface area is 127 Å². The van der Waals surface area contributed by atoms with E-state index in [1.807, 2.05) is 12.3 Å². The minimum atomic E-state index is -0.136. The van der Waals surface area contributed by atoms with E-state index in [1.54, 1.807) is 35.7 Å². The van der Waals surface area contributed by atoms with Gasteiger partial charge in [-0.05, 0) is 36.6 Å². The van der Waals surface area contributed by atoms with Crippen LogP contribution in [0.1, 0.15) is 16.8 Å². The molecule has 2 N–H and O–H groups in total. The van der Waals surface area contributed by atoms with Gasteiger partial charge in [0.1, 0.15) is 0 Å². The maximum absolute atomic E-state index is 12.0. The molecule has 0 atom stereocenters. The molecule has 1 aromatic carbocycles. The fourth-order valence-electron chi connectivity index (χ4n) is 1.41. The van der Waals surface area contributed by atoms with E-state index < -0.39 is 0 Å². The van der Waals surface area contributed by atoms with Gasteiger partial charge in [0.25, 0.3) is 5.91 Å².